The fourth-order valence-electron chi connectivity index (χ4n) is 3.83. The van der Waals surface area contributed by atoms with E-state index in [9.17, 15) is 39.6 Å². The zero-order chi connectivity index (χ0) is 31.0. The average Bonchev–Trinajstić information content (AvgIpc) is 2.81. The summed E-state index contributed by atoms with van der Waals surface area (Å²) in [6, 6.07) is 7.35. The van der Waals surface area contributed by atoms with Gasteiger partial charge in [0.05, 0.1) is 40.8 Å². The molecule has 1 aliphatic heterocycles. The molecule has 1 heterocycles. The number of rotatable bonds is 8. The van der Waals surface area contributed by atoms with Crippen molar-refractivity contribution in [2.45, 2.75) is 75.5 Å². The van der Waals surface area contributed by atoms with E-state index in [1.165, 1.54) is 32.0 Å². The minimum Gasteiger partial charge on any atom is -0.486 e. The highest BCUT2D eigenvalue weighted by Gasteiger charge is 2.38. The first kappa shape index (κ1) is 32.2. The smallest absolute Gasteiger partial charge is 0.416 e. The van der Waals surface area contributed by atoms with E-state index in [1.807, 2.05) is 4.72 Å². The zero-order valence-electron chi connectivity index (χ0n) is 23.0. The lowest BCUT2D eigenvalue weighted by Gasteiger charge is -2.35. The van der Waals surface area contributed by atoms with Gasteiger partial charge in [-0.25, -0.2) is 16.8 Å². The second kappa shape index (κ2) is 11.5. The molecular weight excluding hydrogens is 589 g/mol. The lowest BCUT2D eigenvalue weighted by atomic mass is 10.1. The van der Waals surface area contributed by atoms with Crippen molar-refractivity contribution in [1.29, 1.82) is 0 Å². The van der Waals surface area contributed by atoms with Crippen molar-refractivity contribution in [3.05, 3.63) is 53.6 Å². The Hall–Kier alpha value is -3.33. The first-order valence-electron chi connectivity index (χ1n) is 12.4. The number of carbonyl (C=O) groups excluding carboxylic acids is 2. The number of esters is 1. The quantitative estimate of drug-likeness (QED) is 0.441. The number of benzene rings is 2. The van der Waals surface area contributed by atoms with Gasteiger partial charge in [-0.3, -0.25) is 18.6 Å². The van der Waals surface area contributed by atoms with Crippen molar-refractivity contribution in [3.8, 4) is 5.75 Å². The number of ether oxygens (including phenoxy) is 2. The van der Waals surface area contributed by atoms with Crippen LogP contribution in [0.1, 0.15) is 52.2 Å². The van der Waals surface area contributed by atoms with E-state index in [0.29, 0.717) is 11.6 Å². The van der Waals surface area contributed by atoms with Gasteiger partial charge >= 0.3 is 12.1 Å². The molecule has 1 amide bonds. The van der Waals surface area contributed by atoms with Crippen LogP contribution in [0.5, 0.6) is 5.75 Å². The van der Waals surface area contributed by atoms with Crippen LogP contribution in [0.2, 0.25) is 0 Å². The molecule has 0 saturated carbocycles. The van der Waals surface area contributed by atoms with Gasteiger partial charge < -0.3 is 9.47 Å². The van der Waals surface area contributed by atoms with Crippen LogP contribution in [0, 0.1) is 0 Å². The Morgan fingerprint density at radius 1 is 1.07 bits per heavy atom. The summed E-state index contributed by atoms with van der Waals surface area (Å²) >= 11 is 0. The molecule has 0 aliphatic carbocycles. The Bertz CT molecular complexity index is 1530. The largest absolute Gasteiger partial charge is 0.486 e. The van der Waals surface area contributed by atoms with E-state index in [0.717, 1.165) is 22.5 Å². The number of amides is 1. The van der Waals surface area contributed by atoms with Crippen LogP contribution in [0.15, 0.2) is 47.4 Å². The molecule has 1 N–H and O–H groups in total. The maximum Gasteiger partial charge on any atom is 0.416 e. The summed E-state index contributed by atoms with van der Waals surface area (Å²) in [4.78, 5) is 24.2. The van der Waals surface area contributed by atoms with Crippen molar-refractivity contribution >= 4 is 37.6 Å². The molecular formula is C26H31F3N2O8S2. The van der Waals surface area contributed by atoms with Gasteiger partial charge in [-0.15, -0.1) is 0 Å². The average molecular weight is 621 g/mol. The molecule has 0 fully saturated rings. The van der Waals surface area contributed by atoms with E-state index in [1.54, 1.807) is 20.8 Å². The van der Waals surface area contributed by atoms with Gasteiger partial charge in [-0.2, -0.15) is 13.2 Å². The van der Waals surface area contributed by atoms with Crippen molar-refractivity contribution < 1.29 is 49.1 Å². The summed E-state index contributed by atoms with van der Waals surface area (Å²) in [7, 11) is -8.64. The molecule has 15 heteroatoms. The predicted octanol–water partition coefficient (Wildman–Crippen LogP) is 3.79. The minimum atomic E-state index is -4.81. The van der Waals surface area contributed by atoms with Crippen LogP contribution in [0.3, 0.4) is 0 Å². The normalized spacial score (nSPS) is 16.1. The highest BCUT2D eigenvalue weighted by molar-refractivity contribution is 7.92. The summed E-state index contributed by atoms with van der Waals surface area (Å²) in [6.07, 6.45) is -6.81. The van der Waals surface area contributed by atoms with E-state index in [-0.39, 0.29) is 17.9 Å². The molecule has 0 saturated heterocycles. The molecule has 226 valence electrons. The number of nitrogens with zero attached hydrogens (tertiary/aromatic N) is 1. The third-order valence-corrected chi connectivity index (χ3v) is 9.29. The van der Waals surface area contributed by atoms with Crippen LogP contribution < -0.4 is 13.8 Å². The molecule has 2 aromatic rings. The maximum atomic E-state index is 13.7. The second-order valence-corrected chi connectivity index (χ2v) is 14.8. The number of halogens is 3. The van der Waals surface area contributed by atoms with Crippen molar-refractivity contribution in [2.75, 3.05) is 10.8 Å². The van der Waals surface area contributed by atoms with Crippen LogP contribution in [0.4, 0.5) is 18.9 Å². The Balaban J connectivity index is 2.02. The first-order valence-corrected chi connectivity index (χ1v) is 15.4. The van der Waals surface area contributed by atoms with Crippen LogP contribution in [0.25, 0.3) is 0 Å². The number of anilines is 1. The highest BCUT2D eigenvalue weighted by atomic mass is 32.2. The third kappa shape index (κ3) is 8.12. The predicted molar refractivity (Wildman–Crippen MR) is 143 cm³/mol. The van der Waals surface area contributed by atoms with Crippen molar-refractivity contribution in [1.82, 2.24) is 4.72 Å². The fourth-order valence-corrected chi connectivity index (χ4v) is 6.01. The van der Waals surface area contributed by atoms with Gasteiger partial charge in [0.15, 0.2) is 0 Å². The summed E-state index contributed by atoms with van der Waals surface area (Å²) in [6.45, 7) is 7.23. The minimum absolute atomic E-state index is 0.0377. The molecule has 2 aromatic carbocycles. The molecule has 0 aromatic heterocycles. The Morgan fingerprint density at radius 3 is 2.32 bits per heavy atom. The Labute approximate surface area is 236 Å². The van der Waals surface area contributed by atoms with Gasteiger partial charge in [0, 0.05) is 0 Å². The summed E-state index contributed by atoms with van der Waals surface area (Å²) in [5.74, 6) is -1.59. The van der Waals surface area contributed by atoms with Gasteiger partial charge in [0.2, 0.25) is 15.9 Å². The number of nitrogens with one attached hydrogen (secondary N) is 1. The van der Waals surface area contributed by atoms with Gasteiger partial charge in [0.25, 0.3) is 10.0 Å². The SMILES string of the molecule is CC(C)S(=O)(=O)NC(=O)C[C@H]1CN(S(=O)(=O)c2cccc(C(F)(F)F)c2)c2cc(CC(=O)OC(C)(C)C)ccc2O1. The number of hydrogen-bond acceptors (Lipinski definition) is 8. The van der Waals surface area contributed by atoms with Gasteiger partial charge in [-0.05, 0) is 70.5 Å². The van der Waals surface area contributed by atoms with Crippen LogP contribution in [-0.2, 0) is 47.0 Å². The molecule has 41 heavy (non-hydrogen) atoms. The first-order chi connectivity index (χ1) is 18.7. The lowest BCUT2D eigenvalue weighted by Crippen LogP contribution is -2.46. The molecule has 3 rings (SSSR count). The van der Waals surface area contributed by atoms with Crippen LogP contribution >= 0.6 is 0 Å². The Morgan fingerprint density at radius 2 is 1.73 bits per heavy atom. The van der Waals surface area contributed by atoms with E-state index >= 15 is 0 Å². The molecule has 10 nitrogen and oxygen atoms in total. The molecule has 0 spiro atoms. The Kier molecular flexibility index (Phi) is 9.04. The molecule has 1 aliphatic rings. The lowest BCUT2D eigenvalue weighted by molar-refractivity contribution is -0.154. The summed E-state index contributed by atoms with van der Waals surface area (Å²) in [5.41, 5.74) is -1.69. The molecule has 0 bridgehead atoms. The van der Waals surface area contributed by atoms with Crippen molar-refractivity contribution in [2.24, 2.45) is 0 Å². The summed E-state index contributed by atoms with van der Waals surface area (Å²) in [5, 5.41) is -0.916. The van der Waals surface area contributed by atoms with E-state index in [4.69, 9.17) is 9.47 Å². The van der Waals surface area contributed by atoms with Gasteiger partial charge in [0.1, 0.15) is 17.5 Å². The maximum absolute atomic E-state index is 13.7. The zero-order valence-corrected chi connectivity index (χ0v) is 24.6. The van der Waals surface area contributed by atoms with E-state index in [2.05, 4.69) is 0 Å². The molecule has 0 radical (unpaired) electrons. The molecule has 0 unspecified atom stereocenters. The number of alkyl halides is 3. The highest BCUT2D eigenvalue weighted by Crippen LogP contribution is 2.39. The number of hydrogen-bond donors (Lipinski definition) is 1. The number of fused-ring (bicyclic) bond motifs is 1. The van der Waals surface area contributed by atoms with E-state index < -0.39 is 78.5 Å². The second-order valence-electron chi connectivity index (χ2n) is 10.7. The molecule has 1 atom stereocenters. The number of sulfonamides is 2. The monoisotopic (exact) mass is 620 g/mol. The van der Waals surface area contributed by atoms with Gasteiger partial charge in [-0.1, -0.05) is 12.1 Å². The van der Waals surface area contributed by atoms with Crippen molar-refractivity contribution in [3.63, 3.8) is 0 Å². The van der Waals surface area contributed by atoms with Crippen LogP contribution in [-0.4, -0.2) is 52.2 Å². The standard InChI is InChI=1S/C26H31F3N2O8S2/c1-16(2)40(34,35)30-23(32)14-19-15-31(41(36,37)20-8-6-7-18(13-20)26(27,28)29)21-11-17(9-10-22(21)38-19)12-24(33)39-25(3,4)5/h6-11,13,16,19H,12,14-15H2,1-5H3,(H,30,32)/t19-/m0/s1. The number of carbonyl (C=O) groups is 2. The topological polar surface area (TPSA) is 136 Å². The fraction of sp³-hybridized carbons (Fsp3) is 0.462. The summed E-state index contributed by atoms with van der Waals surface area (Å²) < 4.78 is 106. The third-order valence-electron chi connectivity index (χ3n) is 5.76.